The fraction of sp³-hybridized carbons (Fsp3) is 0.684. The van der Waals surface area contributed by atoms with Crippen molar-refractivity contribution in [2.75, 3.05) is 11.4 Å². The van der Waals surface area contributed by atoms with Crippen molar-refractivity contribution >= 4 is 5.69 Å². The van der Waals surface area contributed by atoms with Crippen molar-refractivity contribution in [3.8, 4) is 0 Å². The summed E-state index contributed by atoms with van der Waals surface area (Å²) in [4.78, 5) is 2.56. The summed E-state index contributed by atoms with van der Waals surface area (Å²) in [6.45, 7) is 12.4. The number of nitrogens with two attached hydrogens (primary N) is 1. The molecule has 120 valence electrons. The first-order chi connectivity index (χ1) is 10.0. The van der Waals surface area contributed by atoms with E-state index in [2.05, 4.69) is 57.7 Å². The molecule has 0 aliphatic carbocycles. The van der Waals surface area contributed by atoms with Crippen molar-refractivity contribution in [1.82, 2.24) is 0 Å². The Labute approximate surface area is 131 Å². The predicted molar refractivity (Wildman–Crippen MR) is 95.2 cm³/mol. The van der Waals surface area contributed by atoms with Crippen molar-refractivity contribution < 1.29 is 0 Å². The van der Waals surface area contributed by atoms with Crippen LogP contribution in [0.4, 0.5) is 5.69 Å². The number of hydrogen-bond donors (Lipinski definition) is 1. The number of rotatable bonds is 9. The fourth-order valence-corrected chi connectivity index (χ4v) is 2.67. The van der Waals surface area contributed by atoms with Gasteiger partial charge in [-0.1, -0.05) is 33.3 Å². The lowest BCUT2D eigenvalue weighted by Crippen LogP contribution is -2.33. The van der Waals surface area contributed by atoms with Crippen LogP contribution in [0.25, 0.3) is 0 Å². The molecule has 0 aromatic heterocycles. The van der Waals surface area contributed by atoms with Crippen LogP contribution in [0.5, 0.6) is 0 Å². The highest BCUT2D eigenvalue weighted by molar-refractivity contribution is 5.51. The molecule has 1 aromatic carbocycles. The molecule has 0 aliphatic rings. The highest BCUT2D eigenvalue weighted by Crippen LogP contribution is 2.23. The molecule has 0 radical (unpaired) electrons. The minimum absolute atomic E-state index is 0.278. The summed E-state index contributed by atoms with van der Waals surface area (Å²) in [5, 5.41) is 0. The van der Waals surface area contributed by atoms with Gasteiger partial charge in [0.1, 0.15) is 0 Å². The standard InChI is InChI=1S/C19H34N2/c1-6-9-12-21(16(5)7-2)19-11-10-17(15(4)13-19)14-18(20)8-3/h10-11,13,16,18H,6-9,12,14,20H2,1-5H3. The minimum Gasteiger partial charge on any atom is -0.369 e. The monoisotopic (exact) mass is 290 g/mol. The molecule has 0 spiro atoms. The van der Waals surface area contributed by atoms with Crippen LogP contribution in [-0.4, -0.2) is 18.6 Å². The van der Waals surface area contributed by atoms with E-state index in [1.54, 1.807) is 0 Å². The second kappa shape index (κ2) is 9.09. The molecular weight excluding hydrogens is 256 g/mol. The highest BCUT2D eigenvalue weighted by atomic mass is 15.2. The Bertz CT molecular complexity index is 414. The van der Waals surface area contributed by atoms with E-state index in [1.807, 2.05) is 0 Å². The van der Waals surface area contributed by atoms with Gasteiger partial charge in [-0.3, -0.25) is 0 Å². The normalized spacial score (nSPS) is 14.0. The molecule has 2 nitrogen and oxygen atoms in total. The van der Waals surface area contributed by atoms with Gasteiger partial charge in [0, 0.05) is 24.3 Å². The smallest absolute Gasteiger partial charge is 0.0371 e. The first kappa shape index (κ1) is 18.0. The maximum Gasteiger partial charge on any atom is 0.0371 e. The van der Waals surface area contributed by atoms with Crippen LogP contribution >= 0.6 is 0 Å². The molecule has 2 atom stereocenters. The quantitative estimate of drug-likeness (QED) is 0.715. The minimum atomic E-state index is 0.278. The van der Waals surface area contributed by atoms with E-state index in [0.29, 0.717) is 6.04 Å². The van der Waals surface area contributed by atoms with Crippen LogP contribution in [0, 0.1) is 6.92 Å². The Morgan fingerprint density at radius 3 is 2.38 bits per heavy atom. The summed E-state index contributed by atoms with van der Waals surface area (Å²) in [6.07, 6.45) is 5.71. The Hall–Kier alpha value is -1.02. The van der Waals surface area contributed by atoms with Gasteiger partial charge in [0.05, 0.1) is 0 Å². The van der Waals surface area contributed by atoms with Crippen LogP contribution in [0.2, 0.25) is 0 Å². The lowest BCUT2D eigenvalue weighted by atomic mass is 9.99. The van der Waals surface area contributed by atoms with E-state index >= 15 is 0 Å². The number of aryl methyl sites for hydroxylation is 1. The van der Waals surface area contributed by atoms with E-state index in [4.69, 9.17) is 5.73 Å². The average molecular weight is 290 g/mol. The van der Waals surface area contributed by atoms with Crippen LogP contribution < -0.4 is 10.6 Å². The first-order valence-corrected chi connectivity index (χ1v) is 8.65. The topological polar surface area (TPSA) is 29.3 Å². The molecule has 0 aliphatic heterocycles. The molecule has 2 heteroatoms. The third-order valence-electron chi connectivity index (χ3n) is 4.54. The number of nitrogens with zero attached hydrogens (tertiary/aromatic N) is 1. The third-order valence-corrected chi connectivity index (χ3v) is 4.54. The lowest BCUT2D eigenvalue weighted by Gasteiger charge is -2.31. The molecule has 0 bridgehead atoms. The number of hydrogen-bond acceptors (Lipinski definition) is 2. The second-order valence-corrected chi connectivity index (χ2v) is 6.29. The van der Waals surface area contributed by atoms with Crippen LogP contribution in [-0.2, 0) is 6.42 Å². The zero-order chi connectivity index (χ0) is 15.8. The zero-order valence-corrected chi connectivity index (χ0v) is 14.7. The van der Waals surface area contributed by atoms with E-state index in [-0.39, 0.29) is 6.04 Å². The van der Waals surface area contributed by atoms with Crippen molar-refractivity contribution in [3.05, 3.63) is 29.3 Å². The van der Waals surface area contributed by atoms with E-state index in [1.165, 1.54) is 36.1 Å². The molecule has 2 N–H and O–H groups in total. The zero-order valence-electron chi connectivity index (χ0n) is 14.7. The van der Waals surface area contributed by atoms with Crippen molar-refractivity contribution in [3.63, 3.8) is 0 Å². The van der Waals surface area contributed by atoms with Gasteiger partial charge in [0.2, 0.25) is 0 Å². The Kier molecular flexibility index (Phi) is 7.81. The summed E-state index contributed by atoms with van der Waals surface area (Å²) in [5.41, 5.74) is 10.2. The Morgan fingerprint density at radius 1 is 1.14 bits per heavy atom. The number of anilines is 1. The molecule has 0 saturated heterocycles. The Balaban J connectivity index is 2.92. The van der Waals surface area contributed by atoms with E-state index < -0.39 is 0 Å². The average Bonchev–Trinajstić information content (AvgIpc) is 2.49. The fourth-order valence-electron chi connectivity index (χ4n) is 2.67. The van der Waals surface area contributed by atoms with E-state index in [0.717, 1.165) is 19.4 Å². The van der Waals surface area contributed by atoms with Crippen molar-refractivity contribution in [2.45, 2.75) is 78.8 Å². The predicted octanol–water partition coefficient (Wildman–Crippen LogP) is 4.68. The van der Waals surface area contributed by atoms with Crippen LogP contribution in [0.15, 0.2) is 18.2 Å². The maximum absolute atomic E-state index is 6.10. The SMILES string of the molecule is CCCCN(c1ccc(CC(N)CC)c(C)c1)C(C)CC. The largest absolute Gasteiger partial charge is 0.369 e. The van der Waals surface area contributed by atoms with Crippen molar-refractivity contribution in [1.29, 1.82) is 0 Å². The van der Waals surface area contributed by atoms with Gasteiger partial charge in [-0.15, -0.1) is 0 Å². The van der Waals surface area contributed by atoms with Crippen LogP contribution in [0.3, 0.4) is 0 Å². The summed E-state index contributed by atoms with van der Waals surface area (Å²) in [7, 11) is 0. The van der Waals surface area contributed by atoms with Gasteiger partial charge in [-0.05, 0) is 62.8 Å². The summed E-state index contributed by atoms with van der Waals surface area (Å²) >= 11 is 0. The van der Waals surface area contributed by atoms with Gasteiger partial charge in [-0.25, -0.2) is 0 Å². The molecule has 2 unspecified atom stereocenters. The molecular formula is C19H34N2. The lowest BCUT2D eigenvalue weighted by molar-refractivity contribution is 0.595. The molecule has 1 aromatic rings. The summed E-state index contributed by atoms with van der Waals surface area (Å²) < 4.78 is 0. The van der Waals surface area contributed by atoms with Gasteiger partial charge >= 0.3 is 0 Å². The molecule has 21 heavy (non-hydrogen) atoms. The Morgan fingerprint density at radius 2 is 1.86 bits per heavy atom. The third kappa shape index (κ3) is 5.35. The molecule has 0 saturated carbocycles. The number of unbranched alkanes of at least 4 members (excludes halogenated alkanes) is 1. The summed E-state index contributed by atoms with van der Waals surface area (Å²) in [6, 6.07) is 7.79. The number of benzene rings is 1. The van der Waals surface area contributed by atoms with Gasteiger partial charge < -0.3 is 10.6 Å². The van der Waals surface area contributed by atoms with Gasteiger partial charge in [0.25, 0.3) is 0 Å². The van der Waals surface area contributed by atoms with Crippen molar-refractivity contribution in [2.24, 2.45) is 5.73 Å². The maximum atomic E-state index is 6.10. The molecule has 1 rings (SSSR count). The molecule has 0 heterocycles. The molecule has 0 fully saturated rings. The van der Waals surface area contributed by atoms with Crippen LogP contribution in [0.1, 0.15) is 64.5 Å². The molecule has 0 amide bonds. The summed E-state index contributed by atoms with van der Waals surface area (Å²) in [5.74, 6) is 0. The second-order valence-electron chi connectivity index (χ2n) is 6.29. The van der Waals surface area contributed by atoms with Gasteiger partial charge in [0.15, 0.2) is 0 Å². The first-order valence-electron chi connectivity index (χ1n) is 8.65. The van der Waals surface area contributed by atoms with E-state index in [9.17, 15) is 0 Å². The highest BCUT2D eigenvalue weighted by Gasteiger charge is 2.14. The van der Waals surface area contributed by atoms with Gasteiger partial charge in [-0.2, -0.15) is 0 Å².